The summed E-state index contributed by atoms with van der Waals surface area (Å²) in [4.78, 5) is 15.7. The van der Waals surface area contributed by atoms with E-state index < -0.39 is 11.6 Å². The van der Waals surface area contributed by atoms with Gasteiger partial charge in [0.05, 0.1) is 5.56 Å². The number of hydrogen-bond acceptors (Lipinski definition) is 2. The largest absolute Gasteiger partial charge is 0.288 e. The van der Waals surface area contributed by atoms with Gasteiger partial charge in [0.15, 0.2) is 5.78 Å². The standard InChI is InChI=1S/C12H7ClFNO/c13-9-3-4-10(11(14)6-9)12(16)8-2-1-5-15-7-8/h1-7H. The van der Waals surface area contributed by atoms with Gasteiger partial charge in [-0.05, 0) is 30.3 Å². The molecular weight excluding hydrogens is 229 g/mol. The van der Waals surface area contributed by atoms with Crippen molar-refractivity contribution in [3.63, 3.8) is 0 Å². The Kier molecular flexibility index (Phi) is 2.97. The topological polar surface area (TPSA) is 30.0 Å². The van der Waals surface area contributed by atoms with E-state index in [2.05, 4.69) is 4.98 Å². The number of aromatic nitrogens is 1. The fraction of sp³-hybridized carbons (Fsp3) is 0. The zero-order valence-electron chi connectivity index (χ0n) is 8.15. The Morgan fingerprint density at radius 3 is 2.75 bits per heavy atom. The molecule has 0 fully saturated rings. The van der Waals surface area contributed by atoms with Crippen molar-refractivity contribution in [2.45, 2.75) is 0 Å². The Hall–Kier alpha value is -1.74. The molecule has 80 valence electrons. The number of carbonyl (C=O) groups excluding carboxylic acids is 1. The summed E-state index contributed by atoms with van der Waals surface area (Å²) in [7, 11) is 0. The zero-order chi connectivity index (χ0) is 11.5. The lowest BCUT2D eigenvalue weighted by molar-refractivity contribution is 0.103. The van der Waals surface area contributed by atoms with Gasteiger partial charge in [-0.15, -0.1) is 0 Å². The molecule has 2 rings (SSSR count). The van der Waals surface area contributed by atoms with Crippen LogP contribution in [0.2, 0.25) is 5.02 Å². The Labute approximate surface area is 96.7 Å². The van der Waals surface area contributed by atoms with E-state index in [1.807, 2.05) is 0 Å². The molecule has 0 bridgehead atoms. The fourth-order valence-electron chi connectivity index (χ4n) is 1.33. The molecule has 0 amide bonds. The first-order chi connectivity index (χ1) is 7.68. The lowest BCUT2D eigenvalue weighted by Gasteiger charge is -2.02. The average Bonchev–Trinajstić information content (AvgIpc) is 2.29. The number of benzene rings is 1. The fourth-order valence-corrected chi connectivity index (χ4v) is 1.48. The molecule has 2 nitrogen and oxygen atoms in total. The van der Waals surface area contributed by atoms with Crippen LogP contribution in [-0.4, -0.2) is 10.8 Å². The number of halogens is 2. The van der Waals surface area contributed by atoms with E-state index in [0.29, 0.717) is 5.56 Å². The Morgan fingerprint density at radius 2 is 2.12 bits per heavy atom. The molecule has 0 radical (unpaired) electrons. The maximum absolute atomic E-state index is 13.5. The minimum absolute atomic E-state index is 0.00241. The van der Waals surface area contributed by atoms with Crippen LogP contribution >= 0.6 is 11.6 Å². The van der Waals surface area contributed by atoms with Crippen LogP contribution in [0.1, 0.15) is 15.9 Å². The predicted molar refractivity (Wildman–Crippen MR) is 59.1 cm³/mol. The molecule has 0 atom stereocenters. The van der Waals surface area contributed by atoms with Crippen molar-refractivity contribution >= 4 is 17.4 Å². The average molecular weight is 236 g/mol. The van der Waals surface area contributed by atoms with Gasteiger partial charge in [0.2, 0.25) is 0 Å². The van der Waals surface area contributed by atoms with Gasteiger partial charge in [-0.25, -0.2) is 4.39 Å². The smallest absolute Gasteiger partial charge is 0.197 e. The second-order valence-corrected chi connectivity index (χ2v) is 3.63. The molecule has 0 aliphatic heterocycles. The third kappa shape index (κ3) is 2.09. The summed E-state index contributed by atoms with van der Waals surface area (Å²) in [6.45, 7) is 0. The molecule has 0 spiro atoms. The summed E-state index contributed by atoms with van der Waals surface area (Å²) in [5.74, 6) is -1.02. The van der Waals surface area contributed by atoms with Gasteiger partial charge < -0.3 is 0 Å². The van der Waals surface area contributed by atoms with E-state index in [9.17, 15) is 9.18 Å². The van der Waals surface area contributed by atoms with Gasteiger partial charge in [0.25, 0.3) is 0 Å². The van der Waals surface area contributed by atoms with E-state index in [1.54, 1.807) is 18.3 Å². The molecule has 0 saturated heterocycles. The van der Waals surface area contributed by atoms with E-state index in [4.69, 9.17) is 11.6 Å². The molecule has 1 aromatic carbocycles. The van der Waals surface area contributed by atoms with Crippen LogP contribution in [0.15, 0.2) is 42.7 Å². The highest BCUT2D eigenvalue weighted by atomic mass is 35.5. The van der Waals surface area contributed by atoms with Gasteiger partial charge in [-0.3, -0.25) is 9.78 Å². The number of carbonyl (C=O) groups is 1. The summed E-state index contributed by atoms with van der Waals surface area (Å²) in [5.41, 5.74) is 0.348. The Balaban J connectivity index is 2.42. The Bertz CT molecular complexity index is 528. The summed E-state index contributed by atoms with van der Waals surface area (Å²) in [5, 5.41) is 0.264. The van der Waals surface area contributed by atoms with Crippen LogP contribution in [0.4, 0.5) is 4.39 Å². The first-order valence-corrected chi connectivity index (χ1v) is 4.96. The van der Waals surface area contributed by atoms with Gasteiger partial charge in [0.1, 0.15) is 5.82 Å². The molecule has 16 heavy (non-hydrogen) atoms. The van der Waals surface area contributed by atoms with Crippen molar-refractivity contribution in [3.8, 4) is 0 Å². The molecular formula is C12H7ClFNO. The second-order valence-electron chi connectivity index (χ2n) is 3.19. The SMILES string of the molecule is O=C(c1cccnc1)c1ccc(Cl)cc1F. The van der Waals surface area contributed by atoms with Gasteiger partial charge in [-0.2, -0.15) is 0 Å². The monoisotopic (exact) mass is 235 g/mol. The normalized spacial score (nSPS) is 10.1. The van der Waals surface area contributed by atoms with Gasteiger partial charge in [0, 0.05) is 23.0 Å². The first-order valence-electron chi connectivity index (χ1n) is 4.58. The highest BCUT2D eigenvalue weighted by Gasteiger charge is 2.13. The number of ketones is 1. The van der Waals surface area contributed by atoms with Gasteiger partial charge in [-0.1, -0.05) is 11.6 Å². The lowest BCUT2D eigenvalue weighted by atomic mass is 10.0. The molecule has 4 heteroatoms. The van der Waals surface area contributed by atoms with E-state index in [1.165, 1.54) is 18.3 Å². The minimum Gasteiger partial charge on any atom is -0.288 e. The third-order valence-electron chi connectivity index (χ3n) is 2.10. The van der Waals surface area contributed by atoms with Crippen LogP contribution in [0.25, 0.3) is 0 Å². The number of rotatable bonds is 2. The number of hydrogen-bond donors (Lipinski definition) is 0. The number of nitrogens with zero attached hydrogens (tertiary/aromatic N) is 1. The summed E-state index contributed by atoms with van der Waals surface area (Å²) < 4.78 is 13.5. The molecule has 0 aliphatic rings. The van der Waals surface area contributed by atoms with Crippen molar-refractivity contribution < 1.29 is 9.18 Å². The maximum atomic E-state index is 13.5. The van der Waals surface area contributed by atoms with Crippen LogP contribution in [0, 0.1) is 5.82 Å². The molecule has 0 N–H and O–H groups in total. The van der Waals surface area contributed by atoms with Crippen molar-refractivity contribution in [1.82, 2.24) is 4.98 Å². The van der Waals surface area contributed by atoms with Crippen molar-refractivity contribution in [1.29, 1.82) is 0 Å². The molecule has 1 aromatic heterocycles. The van der Waals surface area contributed by atoms with Crippen molar-refractivity contribution in [2.75, 3.05) is 0 Å². The molecule has 0 aliphatic carbocycles. The maximum Gasteiger partial charge on any atom is 0.197 e. The lowest BCUT2D eigenvalue weighted by Crippen LogP contribution is -2.04. The van der Waals surface area contributed by atoms with Crippen molar-refractivity contribution in [2.24, 2.45) is 0 Å². The quantitative estimate of drug-likeness (QED) is 0.749. The molecule has 2 aromatic rings. The summed E-state index contributed by atoms with van der Waals surface area (Å²) >= 11 is 5.60. The van der Waals surface area contributed by atoms with E-state index in [-0.39, 0.29) is 10.6 Å². The predicted octanol–water partition coefficient (Wildman–Crippen LogP) is 3.11. The van der Waals surface area contributed by atoms with E-state index in [0.717, 1.165) is 6.07 Å². The van der Waals surface area contributed by atoms with Crippen LogP contribution in [-0.2, 0) is 0 Å². The molecule has 0 saturated carbocycles. The van der Waals surface area contributed by atoms with Crippen LogP contribution in [0.5, 0.6) is 0 Å². The number of pyridine rings is 1. The zero-order valence-corrected chi connectivity index (χ0v) is 8.91. The van der Waals surface area contributed by atoms with Gasteiger partial charge >= 0.3 is 0 Å². The second kappa shape index (κ2) is 4.41. The first kappa shape index (κ1) is 10.8. The van der Waals surface area contributed by atoms with E-state index >= 15 is 0 Å². The third-order valence-corrected chi connectivity index (χ3v) is 2.33. The van der Waals surface area contributed by atoms with Crippen LogP contribution < -0.4 is 0 Å². The Morgan fingerprint density at radius 1 is 1.31 bits per heavy atom. The highest BCUT2D eigenvalue weighted by molar-refractivity contribution is 6.30. The summed E-state index contributed by atoms with van der Waals surface area (Å²) in [6, 6.07) is 7.18. The molecule has 0 unspecified atom stereocenters. The summed E-state index contributed by atoms with van der Waals surface area (Å²) in [6.07, 6.45) is 2.95. The molecule has 1 heterocycles. The van der Waals surface area contributed by atoms with Crippen LogP contribution in [0.3, 0.4) is 0 Å². The minimum atomic E-state index is -0.624. The highest BCUT2D eigenvalue weighted by Crippen LogP contribution is 2.17. The van der Waals surface area contributed by atoms with Crippen molar-refractivity contribution in [3.05, 3.63) is 64.7 Å².